The number of rotatable bonds is 5. The van der Waals surface area contributed by atoms with E-state index in [9.17, 15) is 9.59 Å². The van der Waals surface area contributed by atoms with Gasteiger partial charge in [-0.1, -0.05) is 40.2 Å². The minimum Gasteiger partial charge on any atom is -0.408 e. The van der Waals surface area contributed by atoms with Gasteiger partial charge in [-0.2, -0.15) is 0 Å². The summed E-state index contributed by atoms with van der Waals surface area (Å²) in [6.07, 6.45) is 0.148. The lowest BCUT2D eigenvalue weighted by atomic mass is 10.2. The molecule has 8 heteroatoms. The van der Waals surface area contributed by atoms with E-state index in [0.717, 1.165) is 15.7 Å². The molecule has 0 aliphatic heterocycles. The molecule has 2 aromatic heterocycles. The molecule has 0 bridgehead atoms. The first-order valence-corrected chi connectivity index (χ1v) is 9.87. The standard InChI is InChI=1S/C19H14BrN3O3S/c20-13-5-3-4-12(10-13)14-11-27-18(21-14)22-17(24)8-9-23-15-6-1-2-7-16(15)26-19(23)25/h1-7,10-11H,8-9H2,(H,21,22,24). The van der Waals surface area contributed by atoms with E-state index in [0.29, 0.717) is 16.2 Å². The van der Waals surface area contributed by atoms with Crippen LogP contribution in [0.15, 0.2) is 67.6 Å². The fourth-order valence-electron chi connectivity index (χ4n) is 2.73. The number of hydrogen-bond acceptors (Lipinski definition) is 5. The number of para-hydroxylation sites is 2. The van der Waals surface area contributed by atoms with Gasteiger partial charge in [0.05, 0.1) is 11.2 Å². The van der Waals surface area contributed by atoms with Gasteiger partial charge in [-0.05, 0) is 24.3 Å². The molecule has 2 aromatic carbocycles. The zero-order valence-corrected chi connectivity index (χ0v) is 16.4. The van der Waals surface area contributed by atoms with Gasteiger partial charge >= 0.3 is 5.76 Å². The number of halogens is 1. The lowest BCUT2D eigenvalue weighted by Crippen LogP contribution is -2.19. The summed E-state index contributed by atoms with van der Waals surface area (Å²) >= 11 is 4.80. The molecular formula is C19H14BrN3O3S. The number of carbonyl (C=O) groups is 1. The molecule has 0 radical (unpaired) electrons. The van der Waals surface area contributed by atoms with Crippen LogP contribution >= 0.6 is 27.3 Å². The first-order chi connectivity index (χ1) is 13.1. The molecule has 136 valence electrons. The number of aromatic nitrogens is 2. The Morgan fingerprint density at radius 2 is 2.07 bits per heavy atom. The van der Waals surface area contributed by atoms with Crippen LogP contribution in [0, 0.1) is 0 Å². The number of hydrogen-bond donors (Lipinski definition) is 1. The van der Waals surface area contributed by atoms with Crippen molar-refractivity contribution in [3.8, 4) is 11.3 Å². The Labute approximate surface area is 166 Å². The van der Waals surface area contributed by atoms with E-state index in [1.807, 2.05) is 35.7 Å². The second kappa shape index (κ2) is 7.50. The van der Waals surface area contributed by atoms with Crippen LogP contribution in [-0.2, 0) is 11.3 Å². The molecule has 1 N–H and O–H groups in total. The Bertz CT molecular complexity index is 1180. The summed E-state index contributed by atoms with van der Waals surface area (Å²) in [5.74, 6) is -0.669. The summed E-state index contributed by atoms with van der Waals surface area (Å²) < 4.78 is 7.60. The molecule has 6 nitrogen and oxygen atoms in total. The molecule has 0 spiro atoms. The van der Waals surface area contributed by atoms with Gasteiger partial charge in [-0.15, -0.1) is 11.3 Å². The summed E-state index contributed by atoms with van der Waals surface area (Å²) in [6, 6.07) is 15.0. The highest BCUT2D eigenvalue weighted by Gasteiger charge is 2.12. The molecule has 4 rings (SSSR count). The number of nitrogens with zero attached hydrogens (tertiary/aromatic N) is 2. The van der Waals surface area contributed by atoms with E-state index >= 15 is 0 Å². The molecule has 0 fully saturated rings. The highest BCUT2D eigenvalue weighted by molar-refractivity contribution is 9.10. The maximum absolute atomic E-state index is 12.3. The predicted octanol–water partition coefficient (Wildman–Crippen LogP) is 4.51. The van der Waals surface area contributed by atoms with Gasteiger partial charge in [0, 0.05) is 28.4 Å². The molecule has 0 unspecified atom stereocenters. The van der Waals surface area contributed by atoms with Crippen LogP contribution in [-0.4, -0.2) is 15.5 Å². The number of amides is 1. The monoisotopic (exact) mass is 443 g/mol. The van der Waals surface area contributed by atoms with E-state index in [1.54, 1.807) is 18.2 Å². The van der Waals surface area contributed by atoms with Gasteiger partial charge in [0.25, 0.3) is 0 Å². The smallest absolute Gasteiger partial charge is 0.408 e. The van der Waals surface area contributed by atoms with Crippen LogP contribution in [0.4, 0.5) is 5.13 Å². The van der Waals surface area contributed by atoms with Crippen LogP contribution in [0.25, 0.3) is 22.4 Å². The van der Waals surface area contributed by atoms with E-state index in [1.165, 1.54) is 15.9 Å². The van der Waals surface area contributed by atoms with Crippen LogP contribution in [0.3, 0.4) is 0 Å². The summed E-state index contributed by atoms with van der Waals surface area (Å²) in [4.78, 5) is 28.7. The number of benzene rings is 2. The van der Waals surface area contributed by atoms with Crippen molar-refractivity contribution in [2.75, 3.05) is 5.32 Å². The second-order valence-electron chi connectivity index (χ2n) is 5.83. The van der Waals surface area contributed by atoms with Crippen LogP contribution in [0.1, 0.15) is 6.42 Å². The molecule has 4 aromatic rings. The van der Waals surface area contributed by atoms with Crippen molar-refractivity contribution >= 4 is 49.4 Å². The summed E-state index contributed by atoms with van der Waals surface area (Å²) in [7, 11) is 0. The Morgan fingerprint density at radius 3 is 2.93 bits per heavy atom. The Balaban J connectivity index is 1.43. The Kier molecular flexibility index (Phi) is 4.91. The highest BCUT2D eigenvalue weighted by Crippen LogP contribution is 2.27. The van der Waals surface area contributed by atoms with E-state index in [-0.39, 0.29) is 18.9 Å². The molecule has 27 heavy (non-hydrogen) atoms. The first kappa shape index (κ1) is 17.7. The van der Waals surface area contributed by atoms with Crippen molar-refractivity contribution in [1.29, 1.82) is 0 Å². The lowest BCUT2D eigenvalue weighted by Gasteiger charge is -2.03. The normalized spacial score (nSPS) is 11.0. The maximum Gasteiger partial charge on any atom is 0.419 e. The third kappa shape index (κ3) is 3.86. The van der Waals surface area contributed by atoms with Crippen LogP contribution in [0.2, 0.25) is 0 Å². The molecule has 0 aliphatic carbocycles. The largest absolute Gasteiger partial charge is 0.419 e. The predicted molar refractivity (Wildman–Crippen MR) is 109 cm³/mol. The molecule has 0 saturated carbocycles. The summed E-state index contributed by atoms with van der Waals surface area (Å²) in [5, 5.41) is 5.21. The number of anilines is 1. The number of aryl methyl sites for hydroxylation is 1. The van der Waals surface area contributed by atoms with Gasteiger partial charge in [0.2, 0.25) is 5.91 Å². The molecular weight excluding hydrogens is 430 g/mol. The van der Waals surface area contributed by atoms with Crippen LogP contribution < -0.4 is 11.1 Å². The molecule has 0 atom stereocenters. The highest BCUT2D eigenvalue weighted by atomic mass is 79.9. The van der Waals surface area contributed by atoms with Gasteiger partial charge < -0.3 is 9.73 Å². The van der Waals surface area contributed by atoms with E-state index < -0.39 is 5.76 Å². The van der Waals surface area contributed by atoms with Gasteiger partial charge in [-0.3, -0.25) is 9.36 Å². The van der Waals surface area contributed by atoms with Gasteiger partial charge in [-0.25, -0.2) is 9.78 Å². The summed E-state index contributed by atoms with van der Waals surface area (Å²) in [6.45, 7) is 0.242. The van der Waals surface area contributed by atoms with E-state index in [2.05, 4.69) is 26.2 Å². The third-order valence-electron chi connectivity index (χ3n) is 4.01. The topological polar surface area (TPSA) is 77.1 Å². The average Bonchev–Trinajstić information content (AvgIpc) is 3.24. The maximum atomic E-state index is 12.3. The minimum atomic E-state index is -0.463. The van der Waals surface area contributed by atoms with Crippen molar-refractivity contribution < 1.29 is 9.21 Å². The average molecular weight is 444 g/mol. The molecule has 0 aliphatic rings. The van der Waals surface area contributed by atoms with E-state index in [4.69, 9.17) is 4.42 Å². The Morgan fingerprint density at radius 1 is 1.22 bits per heavy atom. The summed E-state index contributed by atoms with van der Waals surface area (Å²) in [5.41, 5.74) is 2.97. The fourth-order valence-corrected chi connectivity index (χ4v) is 3.87. The molecule has 2 heterocycles. The quantitative estimate of drug-likeness (QED) is 0.492. The SMILES string of the molecule is O=C(CCn1c(=O)oc2ccccc21)Nc1nc(-c2cccc(Br)c2)cs1. The number of fused-ring (bicyclic) bond motifs is 1. The lowest BCUT2D eigenvalue weighted by molar-refractivity contribution is -0.116. The van der Waals surface area contributed by atoms with Crippen molar-refractivity contribution in [2.45, 2.75) is 13.0 Å². The fraction of sp³-hybridized carbons (Fsp3) is 0.105. The number of oxazole rings is 1. The zero-order valence-electron chi connectivity index (χ0n) is 14.0. The molecule has 1 amide bonds. The van der Waals surface area contributed by atoms with Crippen molar-refractivity contribution in [2.24, 2.45) is 0 Å². The molecule has 0 saturated heterocycles. The number of nitrogens with one attached hydrogen (secondary N) is 1. The van der Waals surface area contributed by atoms with Gasteiger partial charge in [0.1, 0.15) is 0 Å². The third-order valence-corrected chi connectivity index (χ3v) is 5.26. The second-order valence-corrected chi connectivity index (χ2v) is 7.61. The number of thiazole rings is 1. The van der Waals surface area contributed by atoms with Crippen LogP contribution in [0.5, 0.6) is 0 Å². The van der Waals surface area contributed by atoms with Crippen molar-refractivity contribution in [1.82, 2.24) is 9.55 Å². The van der Waals surface area contributed by atoms with Gasteiger partial charge in [0.15, 0.2) is 10.7 Å². The first-order valence-electron chi connectivity index (χ1n) is 8.20. The Hall–Kier alpha value is -2.71. The van der Waals surface area contributed by atoms with Crippen molar-refractivity contribution in [3.05, 3.63) is 68.9 Å². The number of carbonyl (C=O) groups excluding carboxylic acids is 1. The van der Waals surface area contributed by atoms with Crippen molar-refractivity contribution in [3.63, 3.8) is 0 Å². The zero-order chi connectivity index (χ0) is 18.8. The minimum absolute atomic E-state index is 0.148.